The van der Waals surface area contributed by atoms with Crippen molar-refractivity contribution in [1.82, 2.24) is 9.88 Å². The normalized spacial score (nSPS) is 18.1. The number of hydrogen-bond donors (Lipinski definition) is 2. The Kier molecular flexibility index (Phi) is 6.51. The number of halogens is 3. The summed E-state index contributed by atoms with van der Waals surface area (Å²) >= 11 is 1.05. The van der Waals surface area contributed by atoms with Crippen LogP contribution in [0.1, 0.15) is 33.1 Å². The number of fused-ring (bicyclic) bond motifs is 1. The third-order valence-electron chi connectivity index (χ3n) is 4.92. The van der Waals surface area contributed by atoms with Crippen LogP contribution >= 0.6 is 11.3 Å². The zero-order valence-electron chi connectivity index (χ0n) is 16.5. The van der Waals surface area contributed by atoms with Crippen LogP contribution in [0, 0.1) is 5.92 Å². The number of nitrogens with zero attached hydrogens (tertiary/aromatic N) is 2. The summed E-state index contributed by atoms with van der Waals surface area (Å²) in [5, 5.41) is 2.95. The van der Waals surface area contributed by atoms with Gasteiger partial charge in [0.15, 0.2) is 5.13 Å². The van der Waals surface area contributed by atoms with Gasteiger partial charge in [0.2, 0.25) is 11.8 Å². The minimum absolute atomic E-state index is 0.00143. The summed E-state index contributed by atoms with van der Waals surface area (Å²) in [4.78, 5) is 30.9. The molecule has 3 rings (SSSR count). The van der Waals surface area contributed by atoms with Gasteiger partial charge in [-0.25, -0.2) is 4.98 Å². The Morgan fingerprint density at radius 1 is 1.40 bits per heavy atom. The molecule has 11 heteroatoms. The lowest BCUT2D eigenvalue weighted by Crippen LogP contribution is -2.49. The number of carbonyl (C=O) groups excluding carboxylic acids is 2. The Bertz CT molecular complexity index is 931. The number of thiazole rings is 1. The number of carbonyl (C=O) groups is 2. The maximum atomic E-state index is 12.6. The molecule has 2 atom stereocenters. The molecule has 1 aliphatic rings. The van der Waals surface area contributed by atoms with Crippen molar-refractivity contribution in [2.45, 2.75) is 51.6 Å². The fourth-order valence-corrected chi connectivity index (χ4v) is 4.27. The third-order valence-corrected chi connectivity index (χ3v) is 5.86. The first-order chi connectivity index (χ1) is 14.0. The molecule has 1 fully saturated rings. The van der Waals surface area contributed by atoms with Gasteiger partial charge in [0.25, 0.3) is 0 Å². The van der Waals surface area contributed by atoms with Crippen molar-refractivity contribution in [2.75, 3.05) is 11.9 Å². The van der Waals surface area contributed by atoms with Crippen molar-refractivity contribution in [1.29, 1.82) is 0 Å². The number of benzene rings is 1. The molecule has 0 unspecified atom stereocenters. The van der Waals surface area contributed by atoms with E-state index in [0.29, 0.717) is 23.2 Å². The Morgan fingerprint density at radius 3 is 2.80 bits per heavy atom. The Balaban J connectivity index is 1.64. The number of anilines is 1. The molecule has 0 bridgehead atoms. The van der Waals surface area contributed by atoms with Gasteiger partial charge in [-0.05, 0) is 30.9 Å². The van der Waals surface area contributed by atoms with Gasteiger partial charge in [-0.3, -0.25) is 9.59 Å². The molecule has 0 radical (unpaired) electrons. The number of nitrogens with one attached hydrogen (secondary N) is 1. The van der Waals surface area contributed by atoms with Gasteiger partial charge in [0.1, 0.15) is 5.75 Å². The highest BCUT2D eigenvalue weighted by Gasteiger charge is 2.34. The fraction of sp³-hybridized carbons (Fsp3) is 0.526. The molecule has 7 nitrogen and oxygen atoms in total. The van der Waals surface area contributed by atoms with E-state index in [0.717, 1.165) is 17.8 Å². The predicted molar refractivity (Wildman–Crippen MR) is 107 cm³/mol. The largest absolute Gasteiger partial charge is 0.573 e. The van der Waals surface area contributed by atoms with Crippen LogP contribution in [0.15, 0.2) is 18.2 Å². The lowest BCUT2D eigenvalue weighted by Gasteiger charge is -2.28. The smallest absolute Gasteiger partial charge is 0.406 e. The van der Waals surface area contributed by atoms with Crippen LogP contribution in [0.2, 0.25) is 0 Å². The zero-order chi connectivity index (χ0) is 22.1. The van der Waals surface area contributed by atoms with Crippen LogP contribution in [-0.4, -0.2) is 46.7 Å². The van der Waals surface area contributed by atoms with E-state index >= 15 is 0 Å². The highest BCUT2D eigenvalue weighted by Crippen LogP contribution is 2.32. The van der Waals surface area contributed by atoms with E-state index in [1.165, 1.54) is 18.2 Å². The van der Waals surface area contributed by atoms with Gasteiger partial charge in [-0.1, -0.05) is 25.2 Å². The maximum absolute atomic E-state index is 12.6. The van der Waals surface area contributed by atoms with E-state index in [1.54, 1.807) is 4.90 Å². The molecule has 2 aromatic rings. The fourth-order valence-electron chi connectivity index (χ4n) is 3.35. The van der Waals surface area contributed by atoms with E-state index in [1.807, 2.05) is 13.8 Å². The standard InChI is InChI=1S/C19H23F3N4O3S/c1-10(2)16(23)17(28)26-7-3-4-11(26)8-15(27)25-18-24-13-6-5-12(9-14(13)30-18)29-19(20,21)22/h5-6,9-11,16H,3-4,7-8,23H2,1-2H3,(H,24,25,27)/t11-,16-/m1/s1. The van der Waals surface area contributed by atoms with Crippen LogP contribution in [0.5, 0.6) is 5.75 Å². The Hall–Kier alpha value is -2.40. The van der Waals surface area contributed by atoms with Crippen LogP contribution < -0.4 is 15.8 Å². The van der Waals surface area contributed by atoms with Gasteiger partial charge in [0.05, 0.1) is 16.3 Å². The second-order valence-corrected chi connectivity index (χ2v) is 8.58. The Morgan fingerprint density at radius 2 is 2.13 bits per heavy atom. The molecule has 0 saturated carbocycles. The first-order valence-electron chi connectivity index (χ1n) is 9.56. The predicted octanol–water partition coefficient (Wildman–Crippen LogP) is 3.50. The highest BCUT2D eigenvalue weighted by molar-refractivity contribution is 7.22. The number of amides is 2. The monoisotopic (exact) mass is 444 g/mol. The summed E-state index contributed by atoms with van der Waals surface area (Å²) in [6.45, 7) is 4.32. The third kappa shape index (κ3) is 5.39. The summed E-state index contributed by atoms with van der Waals surface area (Å²) in [7, 11) is 0. The second kappa shape index (κ2) is 8.76. The van der Waals surface area contributed by atoms with E-state index < -0.39 is 12.4 Å². The summed E-state index contributed by atoms with van der Waals surface area (Å²) in [5.74, 6) is -0.819. The summed E-state index contributed by atoms with van der Waals surface area (Å²) < 4.78 is 41.5. The molecule has 1 aromatic carbocycles. The van der Waals surface area contributed by atoms with Gasteiger partial charge < -0.3 is 20.7 Å². The number of nitrogens with two attached hydrogens (primary N) is 1. The van der Waals surface area contributed by atoms with Crippen LogP contribution in [0.4, 0.5) is 18.3 Å². The van der Waals surface area contributed by atoms with Crippen molar-refractivity contribution >= 4 is 38.5 Å². The second-order valence-electron chi connectivity index (χ2n) is 7.55. The average molecular weight is 444 g/mol. The number of likely N-dealkylation sites (tertiary alicyclic amines) is 1. The summed E-state index contributed by atoms with van der Waals surface area (Å²) in [6, 6.07) is 2.95. The number of ether oxygens (including phenoxy) is 1. The molecular weight excluding hydrogens is 421 g/mol. The molecule has 2 amide bonds. The molecule has 0 spiro atoms. The quantitative estimate of drug-likeness (QED) is 0.711. The van der Waals surface area contributed by atoms with Crippen molar-refractivity contribution in [3.63, 3.8) is 0 Å². The number of alkyl halides is 3. The van der Waals surface area contributed by atoms with Gasteiger partial charge >= 0.3 is 6.36 Å². The van der Waals surface area contributed by atoms with Crippen LogP contribution in [0.3, 0.4) is 0 Å². The van der Waals surface area contributed by atoms with Crippen molar-refractivity contribution in [2.24, 2.45) is 11.7 Å². The molecule has 1 aromatic heterocycles. The molecule has 0 aliphatic carbocycles. The zero-order valence-corrected chi connectivity index (χ0v) is 17.3. The van der Waals surface area contributed by atoms with E-state index in [4.69, 9.17) is 5.73 Å². The number of hydrogen-bond acceptors (Lipinski definition) is 6. The molecule has 3 N–H and O–H groups in total. The van der Waals surface area contributed by atoms with E-state index in [2.05, 4.69) is 15.0 Å². The lowest BCUT2D eigenvalue weighted by molar-refractivity contribution is -0.274. The molecule has 1 aliphatic heterocycles. The first kappa shape index (κ1) is 22.3. The Labute approximate surface area is 175 Å². The summed E-state index contributed by atoms with van der Waals surface area (Å²) in [5.41, 5.74) is 6.42. The minimum atomic E-state index is -4.78. The topological polar surface area (TPSA) is 97.6 Å². The highest BCUT2D eigenvalue weighted by atomic mass is 32.1. The lowest BCUT2D eigenvalue weighted by atomic mass is 10.0. The maximum Gasteiger partial charge on any atom is 0.573 e. The molecule has 2 heterocycles. The van der Waals surface area contributed by atoms with Crippen LogP contribution in [0.25, 0.3) is 10.2 Å². The van der Waals surface area contributed by atoms with Crippen molar-refractivity contribution in [3.8, 4) is 5.75 Å². The van der Waals surface area contributed by atoms with E-state index in [9.17, 15) is 22.8 Å². The first-order valence-corrected chi connectivity index (χ1v) is 10.4. The summed E-state index contributed by atoms with van der Waals surface area (Å²) in [6.07, 6.45) is -3.16. The van der Waals surface area contributed by atoms with Crippen molar-refractivity contribution < 1.29 is 27.5 Å². The molecule has 1 saturated heterocycles. The number of rotatable bonds is 6. The average Bonchev–Trinajstić information content (AvgIpc) is 3.24. The molecular formula is C19H23F3N4O3S. The van der Waals surface area contributed by atoms with Crippen LogP contribution in [-0.2, 0) is 9.59 Å². The molecule has 164 valence electrons. The number of aromatic nitrogens is 1. The van der Waals surface area contributed by atoms with Gasteiger partial charge in [0, 0.05) is 25.1 Å². The molecule has 30 heavy (non-hydrogen) atoms. The minimum Gasteiger partial charge on any atom is -0.406 e. The SMILES string of the molecule is CC(C)[C@@H](N)C(=O)N1CCC[C@@H]1CC(=O)Nc1nc2ccc(OC(F)(F)F)cc2s1. The van der Waals surface area contributed by atoms with Gasteiger partial charge in [-0.15, -0.1) is 13.2 Å². The van der Waals surface area contributed by atoms with Gasteiger partial charge in [-0.2, -0.15) is 0 Å². The van der Waals surface area contributed by atoms with Crippen molar-refractivity contribution in [3.05, 3.63) is 18.2 Å². The van der Waals surface area contributed by atoms with E-state index in [-0.39, 0.29) is 41.1 Å².